The van der Waals surface area contributed by atoms with Crippen LogP contribution in [-0.4, -0.2) is 42.0 Å². The fourth-order valence-corrected chi connectivity index (χ4v) is 2.01. The van der Waals surface area contributed by atoms with Crippen molar-refractivity contribution in [1.82, 2.24) is 21.5 Å². The summed E-state index contributed by atoms with van der Waals surface area (Å²) < 4.78 is 0. The van der Waals surface area contributed by atoms with Crippen molar-refractivity contribution in [2.24, 2.45) is 10.2 Å². The average Bonchev–Trinajstić information content (AvgIpc) is 2.59. The van der Waals surface area contributed by atoms with E-state index in [2.05, 4.69) is 31.7 Å². The van der Waals surface area contributed by atoms with Crippen molar-refractivity contribution in [3.63, 3.8) is 0 Å². The van der Waals surface area contributed by atoms with E-state index in [1.165, 1.54) is 4.90 Å². The number of benzene rings is 1. The zero-order valence-electron chi connectivity index (χ0n) is 13.4. The molecule has 0 bridgehead atoms. The predicted molar refractivity (Wildman–Crippen MR) is 107 cm³/mol. The first kappa shape index (κ1) is 19.3. The molecule has 9 heteroatoms. The molecular formula is C14H20N6S3. The van der Waals surface area contributed by atoms with Gasteiger partial charge >= 0.3 is 0 Å². The van der Waals surface area contributed by atoms with Gasteiger partial charge in [0, 0.05) is 24.6 Å². The number of hydrazone groups is 2. The van der Waals surface area contributed by atoms with Gasteiger partial charge in [0.25, 0.3) is 0 Å². The lowest BCUT2D eigenvalue weighted by atomic mass is 10.1. The molecule has 0 radical (unpaired) electrons. The molecule has 0 saturated carbocycles. The van der Waals surface area contributed by atoms with E-state index in [-0.39, 0.29) is 0 Å². The molecule has 1 rings (SSSR count). The Bertz CT molecular complexity index is 609. The molecule has 0 fully saturated rings. The summed E-state index contributed by atoms with van der Waals surface area (Å²) in [7, 11) is 3.45. The molecule has 1 aromatic rings. The lowest BCUT2D eigenvalue weighted by Gasteiger charge is -2.10. The van der Waals surface area contributed by atoms with Gasteiger partial charge < -0.3 is 10.6 Å². The highest BCUT2D eigenvalue weighted by Gasteiger charge is 2.09. The molecule has 0 atom stereocenters. The van der Waals surface area contributed by atoms with Crippen LogP contribution in [0.15, 0.2) is 39.4 Å². The molecule has 6 nitrogen and oxygen atoms in total. The van der Waals surface area contributed by atoms with Gasteiger partial charge in [-0.3, -0.25) is 10.9 Å². The van der Waals surface area contributed by atoms with Crippen molar-refractivity contribution in [1.29, 1.82) is 0 Å². The van der Waals surface area contributed by atoms with Gasteiger partial charge in [0.05, 0.1) is 5.71 Å². The Morgan fingerprint density at radius 1 is 0.957 bits per heavy atom. The minimum Gasteiger partial charge on any atom is -0.364 e. The van der Waals surface area contributed by atoms with E-state index in [1.807, 2.05) is 37.4 Å². The second kappa shape index (κ2) is 10.1. The van der Waals surface area contributed by atoms with Crippen LogP contribution in [0.4, 0.5) is 0 Å². The Hall–Kier alpha value is -1.71. The molecule has 0 aromatic heterocycles. The third-order valence-corrected chi connectivity index (χ3v) is 4.09. The van der Waals surface area contributed by atoms with Crippen LogP contribution in [0.1, 0.15) is 12.5 Å². The predicted octanol–water partition coefficient (Wildman–Crippen LogP) is 1.68. The number of thioether (sulfide) groups is 1. The van der Waals surface area contributed by atoms with Gasteiger partial charge in [-0.15, -0.1) is 11.8 Å². The molecule has 0 amide bonds. The highest BCUT2D eigenvalue weighted by Crippen LogP contribution is 2.15. The molecular weight excluding hydrogens is 348 g/mol. The lowest BCUT2D eigenvalue weighted by molar-refractivity contribution is 0.966. The summed E-state index contributed by atoms with van der Waals surface area (Å²) in [5.74, 6) is 0. The van der Waals surface area contributed by atoms with Gasteiger partial charge in [-0.1, -0.05) is 12.1 Å². The molecule has 4 N–H and O–H groups in total. The first-order valence-corrected chi connectivity index (χ1v) is 8.78. The van der Waals surface area contributed by atoms with Crippen LogP contribution in [0.2, 0.25) is 0 Å². The zero-order valence-corrected chi connectivity index (χ0v) is 15.9. The average molecular weight is 369 g/mol. The first-order chi connectivity index (χ1) is 11.0. The van der Waals surface area contributed by atoms with Gasteiger partial charge in [-0.05, 0) is 49.7 Å². The number of rotatable bonds is 5. The quantitative estimate of drug-likeness (QED) is 0.273. The summed E-state index contributed by atoms with van der Waals surface area (Å²) in [6.45, 7) is 1.84. The van der Waals surface area contributed by atoms with Gasteiger partial charge in [0.1, 0.15) is 5.71 Å². The van der Waals surface area contributed by atoms with Crippen molar-refractivity contribution in [2.45, 2.75) is 11.8 Å². The van der Waals surface area contributed by atoms with Crippen LogP contribution in [-0.2, 0) is 0 Å². The third-order valence-electron chi connectivity index (χ3n) is 2.75. The molecule has 1 aromatic carbocycles. The van der Waals surface area contributed by atoms with Crippen molar-refractivity contribution in [2.75, 3.05) is 20.4 Å². The third kappa shape index (κ3) is 6.51. The number of nitrogens with one attached hydrogen (secondary N) is 4. The maximum atomic E-state index is 5.06. The summed E-state index contributed by atoms with van der Waals surface area (Å²) >= 11 is 11.8. The van der Waals surface area contributed by atoms with Crippen LogP contribution in [0.25, 0.3) is 0 Å². The summed E-state index contributed by atoms with van der Waals surface area (Å²) in [5.41, 5.74) is 7.81. The van der Waals surface area contributed by atoms with Crippen molar-refractivity contribution >= 4 is 57.8 Å². The van der Waals surface area contributed by atoms with Crippen LogP contribution in [0.5, 0.6) is 0 Å². The SMILES string of the molecule is CNC(=S)N/N=C(C)/C(=N/NC(=S)NC)c1ccc(SC)cc1. The van der Waals surface area contributed by atoms with Crippen LogP contribution in [0.3, 0.4) is 0 Å². The smallest absolute Gasteiger partial charge is 0.186 e. The normalized spacial score (nSPS) is 11.7. The second-order valence-electron chi connectivity index (χ2n) is 4.27. The van der Waals surface area contributed by atoms with Gasteiger partial charge in [-0.25, -0.2) is 0 Å². The van der Waals surface area contributed by atoms with Crippen molar-refractivity contribution in [3.05, 3.63) is 29.8 Å². The number of hydrogen-bond donors (Lipinski definition) is 4. The molecule has 124 valence electrons. The zero-order chi connectivity index (χ0) is 17.2. The van der Waals surface area contributed by atoms with E-state index < -0.39 is 0 Å². The molecule has 0 saturated heterocycles. The van der Waals surface area contributed by atoms with Crippen molar-refractivity contribution in [3.8, 4) is 0 Å². The van der Waals surface area contributed by atoms with Crippen molar-refractivity contribution < 1.29 is 0 Å². The molecule has 0 aliphatic carbocycles. The van der Waals surface area contributed by atoms with Gasteiger partial charge in [-0.2, -0.15) is 10.2 Å². The minimum atomic E-state index is 0.426. The molecule has 0 spiro atoms. The molecule has 0 unspecified atom stereocenters. The van der Waals surface area contributed by atoms with Crippen LogP contribution < -0.4 is 21.5 Å². The Labute approximate surface area is 151 Å². The number of nitrogens with zero attached hydrogens (tertiary/aromatic N) is 2. The Kier molecular flexibility index (Phi) is 8.52. The number of thiocarbonyl (C=S) groups is 2. The number of hydrogen-bond acceptors (Lipinski definition) is 5. The van der Waals surface area contributed by atoms with Gasteiger partial charge in [0.2, 0.25) is 0 Å². The highest BCUT2D eigenvalue weighted by atomic mass is 32.2. The van der Waals surface area contributed by atoms with E-state index in [4.69, 9.17) is 24.4 Å². The van der Waals surface area contributed by atoms with E-state index in [0.29, 0.717) is 21.6 Å². The maximum Gasteiger partial charge on any atom is 0.186 e. The Morgan fingerprint density at radius 3 is 1.96 bits per heavy atom. The second-order valence-corrected chi connectivity index (χ2v) is 5.96. The molecule has 0 aliphatic heterocycles. The van der Waals surface area contributed by atoms with E-state index >= 15 is 0 Å². The minimum absolute atomic E-state index is 0.426. The van der Waals surface area contributed by atoms with E-state index in [0.717, 1.165) is 5.56 Å². The highest BCUT2D eigenvalue weighted by molar-refractivity contribution is 7.98. The summed E-state index contributed by atoms with van der Waals surface area (Å²) in [6.07, 6.45) is 2.03. The van der Waals surface area contributed by atoms with E-state index in [1.54, 1.807) is 25.9 Å². The Balaban J connectivity index is 3.09. The van der Waals surface area contributed by atoms with E-state index in [9.17, 15) is 0 Å². The fourth-order valence-electron chi connectivity index (χ4n) is 1.51. The first-order valence-electron chi connectivity index (χ1n) is 6.74. The fraction of sp³-hybridized carbons (Fsp3) is 0.286. The van der Waals surface area contributed by atoms with Crippen LogP contribution >= 0.6 is 36.2 Å². The molecule has 0 aliphatic rings. The largest absolute Gasteiger partial charge is 0.364 e. The Morgan fingerprint density at radius 2 is 1.48 bits per heavy atom. The maximum absolute atomic E-state index is 5.06. The molecule has 0 heterocycles. The molecule has 23 heavy (non-hydrogen) atoms. The van der Waals surface area contributed by atoms with Crippen LogP contribution in [0, 0.1) is 0 Å². The summed E-state index contributed by atoms with van der Waals surface area (Å²) in [5, 5.41) is 15.1. The topological polar surface area (TPSA) is 72.8 Å². The van der Waals surface area contributed by atoms with Gasteiger partial charge in [0.15, 0.2) is 10.2 Å². The monoisotopic (exact) mass is 368 g/mol. The lowest BCUT2D eigenvalue weighted by Crippen LogP contribution is -2.32. The summed E-state index contributed by atoms with van der Waals surface area (Å²) in [6, 6.07) is 8.05. The summed E-state index contributed by atoms with van der Waals surface area (Å²) in [4.78, 5) is 1.18. The standard InChI is InChI=1S/C14H20N6S3/c1-9(17-19-13(21)15-2)12(18-20-14(22)16-3)10-5-7-11(23-4)8-6-10/h5-8H,1-4H3,(H2,15,19,21)(H2,16,20,22)/b17-9+,18-12-.